The lowest BCUT2D eigenvalue weighted by molar-refractivity contribution is -0.0559. The van der Waals surface area contributed by atoms with Crippen LogP contribution in [0.15, 0.2) is 0 Å². The van der Waals surface area contributed by atoms with Gasteiger partial charge >= 0.3 is 0 Å². The molecule has 0 bridgehead atoms. The van der Waals surface area contributed by atoms with Gasteiger partial charge in [-0.2, -0.15) is 0 Å². The number of hydrogen-bond donors (Lipinski definition) is 1. The van der Waals surface area contributed by atoms with E-state index in [2.05, 4.69) is 32.6 Å². The van der Waals surface area contributed by atoms with Crippen LogP contribution < -0.4 is 5.73 Å². The third-order valence-corrected chi connectivity index (χ3v) is 3.05. The fourth-order valence-electron chi connectivity index (χ4n) is 1.81. The van der Waals surface area contributed by atoms with Crippen LogP contribution in [0.3, 0.4) is 0 Å². The van der Waals surface area contributed by atoms with E-state index in [-0.39, 0.29) is 6.10 Å². The van der Waals surface area contributed by atoms with Gasteiger partial charge in [-0.1, -0.05) is 20.8 Å². The van der Waals surface area contributed by atoms with Gasteiger partial charge in [0.15, 0.2) is 0 Å². The van der Waals surface area contributed by atoms with Crippen molar-refractivity contribution >= 4 is 0 Å². The van der Waals surface area contributed by atoms with Crippen molar-refractivity contribution in [1.29, 1.82) is 0 Å². The van der Waals surface area contributed by atoms with E-state index in [1.165, 1.54) is 6.42 Å². The highest BCUT2D eigenvalue weighted by molar-refractivity contribution is 4.79. The van der Waals surface area contributed by atoms with Gasteiger partial charge in [-0.3, -0.25) is 4.90 Å². The normalized spacial score (nSPS) is 29.4. The largest absolute Gasteiger partial charge is 0.374 e. The minimum absolute atomic E-state index is 0.237. The Bertz CT molecular complexity index is 189. The number of nitrogens with two attached hydrogens (primary N) is 1. The molecule has 0 saturated carbocycles. The molecule has 90 valence electrons. The van der Waals surface area contributed by atoms with Gasteiger partial charge in [-0.15, -0.1) is 0 Å². The molecule has 1 heterocycles. The van der Waals surface area contributed by atoms with E-state index >= 15 is 0 Å². The molecule has 0 aromatic heterocycles. The van der Waals surface area contributed by atoms with Crippen molar-refractivity contribution in [3.63, 3.8) is 0 Å². The molecule has 3 nitrogen and oxygen atoms in total. The second-order valence-corrected chi connectivity index (χ2v) is 5.85. The van der Waals surface area contributed by atoms with E-state index < -0.39 is 0 Å². The molecule has 15 heavy (non-hydrogen) atoms. The molecule has 2 atom stereocenters. The van der Waals surface area contributed by atoms with Gasteiger partial charge in [-0.25, -0.2) is 0 Å². The van der Waals surface area contributed by atoms with Crippen LogP contribution in [0.2, 0.25) is 0 Å². The van der Waals surface area contributed by atoms with Crippen molar-refractivity contribution in [3.8, 4) is 0 Å². The maximum absolute atomic E-state index is 5.64. The smallest absolute Gasteiger partial charge is 0.0824 e. The van der Waals surface area contributed by atoms with Crippen LogP contribution in [-0.2, 0) is 4.74 Å². The lowest BCUT2D eigenvalue weighted by Gasteiger charge is -2.38. The molecule has 2 N–H and O–H groups in total. The van der Waals surface area contributed by atoms with Gasteiger partial charge in [0, 0.05) is 19.1 Å². The number of morpholine rings is 1. The van der Waals surface area contributed by atoms with Crippen LogP contribution in [0.25, 0.3) is 0 Å². The first-order chi connectivity index (χ1) is 6.92. The van der Waals surface area contributed by atoms with Crippen LogP contribution in [-0.4, -0.2) is 43.3 Å². The molecule has 1 rings (SSSR count). The van der Waals surface area contributed by atoms with Crippen LogP contribution in [0.5, 0.6) is 0 Å². The average Bonchev–Trinajstić information content (AvgIpc) is 2.15. The lowest BCUT2D eigenvalue weighted by Crippen LogP contribution is -2.51. The molecule has 3 heteroatoms. The summed E-state index contributed by atoms with van der Waals surface area (Å²) >= 11 is 0. The van der Waals surface area contributed by atoms with Gasteiger partial charge < -0.3 is 10.5 Å². The lowest BCUT2D eigenvalue weighted by atomic mass is 9.92. The maximum Gasteiger partial charge on any atom is 0.0824 e. The van der Waals surface area contributed by atoms with Crippen molar-refractivity contribution < 1.29 is 4.74 Å². The second-order valence-electron chi connectivity index (χ2n) is 5.85. The molecule has 1 fully saturated rings. The number of rotatable bonds is 3. The molecule has 1 aliphatic rings. The highest BCUT2D eigenvalue weighted by Gasteiger charge is 2.25. The van der Waals surface area contributed by atoms with Crippen molar-refractivity contribution in [2.45, 2.75) is 46.3 Å². The maximum atomic E-state index is 5.64. The van der Waals surface area contributed by atoms with Crippen molar-refractivity contribution in [2.75, 3.05) is 26.2 Å². The molecule has 0 aromatic carbocycles. The average molecular weight is 214 g/mol. The van der Waals surface area contributed by atoms with E-state index in [0.717, 1.165) is 19.7 Å². The molecule has 0 aliphatic carbocycles. The summed E-state index contributed by atoms with van der Waals surface area (Å²) < 4.78 is 5.63. The molecule has 1 aliphatic heterocycles. The molecule has 0 spiro atoms. The molecule has 0 radical (unpaired) electrons. The standard InChI is InChI=1S/C12H26N2O/c1-10-9-15-11(7-13)8-14(10)6-5-12(2,3)4/h10-11H,5-9,13H2,1-4H3. The van der Waals surface area contributed by atoms with Crippen molar-refractivity contribution in [3.05, 3.63) is 0 Å². The fourth-order valence-corrected chi connectivity index (χ4v) is 1.81. The Labute approximate surface area is 94.0 Å². The summed E-state index contributed by atoms with van der Waals surface area (Å²) in [7, 11) is 0. The Morgan fingerprint density at radius 1 is 1.40 bits per heavy atom. The second kappa shape index (κ2) is 5.28. The summed E-state index contributed by atoms with van der Waals surface area (Å²) in [5.41, 5.74) is 6.05. The summed E-state index contributed by atoms with van der Waals surface area (Å²) in [6.45, 7) is 12.7. The molecule has 0 amide bonds. The molecular formula is C12H26N2O. The zero-order valence-electron chi connectivity index (χ0n) is 10.6. The summed E-state index contributed by atoms with van der Waals surface area (Å²) in [5.74, 6) is 0. The number of hydrogen-bond acceptors (Lipinski definition) is 3. The van der Waals surface area contributed by atoms with Crippen LogP contribution >= 0.6 is 0 Å². The molecule has 2 unspecified atom stereocenters. The molecule has 1 saturated heterocycles. The minimum Gasteiger partial charge on any atom is -0.374 e. The predicted molar refractivity (Wildman–Crippen MR) is 63.9 cm³/mol. The summed E-state index contributed by atoms with van der Waals surface area (Å²) in [6.07, 6.45) is 1.47. The Morgan fingerprint density at radius 3 is 2.60 bits per heavy atom. The van der Waals surface area contributed by atoms with Crippen LogP contribution in [0.1, 0.15) is 34.1 Å². The first kappa shape index (κ1) is 12.9. The topological polar surface area (TPSA) is 38.5 Å². The van der Waals surface area contributed by atoms with Crippen LogP contribution in [0.4, 0.5) is 0 Å². The Hall–Kier alpha value is -0.120. The van der Waals surface area contributed by atoms with E-state index in [0.29, 0.717) is 18.0 Å². The van der Waals surface area contributed by atoms with E-state index in [4.69, 9.17) is 10.5 Å². The van der Waals surface area contributed by atoms with E-state index in [1.807, 2.05) is 0 Å². The first-order valence-corrected chi connectivity index (χ1v) is 5.98. The van der Waals surface area contributed by atoms with Crippen LogP contribution in [0, 0.1) is 5.41 Å². The first-order valence-electron chi connectivity index (χ1n) is 5.98. The van der Waals surface area contributed by atoms with E-state index in [1.54, 1.807) is 0 Å². The molecular weight excluding hydrogens is 188 g/mol. The highest BCUT2D eigenvalue weighted by Crippen LogP contribution is 2.21. The van der Waals surface area contributed by atoms with Gasteiger partial charge in [0.05, 0.1) is 12.7 Å². The summed E-state index contributed by atoms with van der Waals surface area (Å²) in [4.78, 5) is 2.51. The zero-order valence-corrected chi connectivity index (χ0v) is 10.6. The van der Waals surface area contributed by atoms with Gasteiger partial charge in [0.2, 0.25) is 0 Å². The van der Waals surface area contributed by atoms with Crippen molar-refractivity contribution in [2.24, 2.45) is 11.1 Å². The summed E-state index contributed by atoms with van der Waals surface area (Å²) in [6, 6.07) is 0.537. The highest BCUT2D eigenvalue weighted by atomic mass is 16.5. The SMILES string of the molecule is CC1COC(CN)CN1CCC(C)(C)C. The predicted octanol–water partition coefficient (Wildman–Crippen LogP) is 1.47. The van der Waals surface area contributed by atoms with E-state index in [9.17, 15) is 0 Å². The monoisotopic (exact) mass is 214 g/mol. The Morgan fingerprint density at radius 2 is 2.07 bits per heavy atom. The quantitative estimate of drug-likeness (QED) is 0.773. The summed E-state index contributed by atoms with van der Waals surface area (Å²) in [5, 5.41) is 0. The third-order valence-electron chi connectivity index (χ3n) is 3.05. The molecule has 0 aromatic rings. The minimum atomic E-state index is 0.237. The Kier molecular flexibility index (Phi) is 4.56. The van der Waals surface area contributed by atoms with Gasteiger partial charge in [0.25, 0.3) is 0 Å². The van der Waals surface area contributed by atoms with Crippen molar-refractivity contribution in [1.82, 2.24) is 4.90 Å². The zero-order chi connectivity index (χ0) is 11.5. The number of nitrogens with zero attached hydrogens (tertiary/aromatic N) is 1. The fraction of sp³-hybridized carbons (Fsp3) is 1.00. The number of ether oxygens (including phenoxy) is 1. The third kappa shape index (κ3) is 4.49. The van der Waals surface area contributed by atoms with Gasteiger partial charge in [-0.05, 0) is 25.3 Å². The Balaban J connectivity index is 2.38. The van der Waals surface area contributed by atoms with Gasteiger partial charge in [0.1, 0.15) is 0 Å².